The third-order valence-corrected chi connectivity index (χ3v) is 5.88. The van der Waals surface area contributed by atoms with E-state index in [-0.39, 0.29) is 23.9 Å². The molecule has 9 heteroatoms. The average Bonchev–Trinajstić information content (AvgIpc) is 3.14. The Morgan fingerprint density at radius 2 is 1.68 bits per heavy atom. The number of amides is 3. The van der Waals surface area contributed by atoms with Gasteiger partial charge < -0.3 is 19.9 Å². The second-order valence-corrected chi connectivity index (χ2v) is 9.65. The lowest BCUT2D eigenvalue weighted by Gasteiger charge is -2.35. The third-order valence-electron chi connectivity index (χ3n) is 5.88. The molecule has 0 radical (unpaired) electrons. The number of carbonyl (C=O) groups excluding carboxylic acids is 3. The zero-order valence-corrected chi connectivity index (χ0v) is 19.1. The molecule has 2 saturated heterocycles. The molecule has 1 N–H and O–H groups in total. The molecule has 9 nitrogen and oxygen atoms in total. The maximum absolute atomic E-state index is 12.7. The molecule has 0 saturated carbocycles. The van der Waals surface area contributed by atoms with Crippen molar-refractivity contribution in [1.29, 1.82) is 0 Å². The van der Waals surface area contributed by atoms with Crippen molar-refractivity contribution >= 4 is 17.9 Å². The summed E-state index contributed by atoms with van der Waals surface area (Å²) >= 11 is 0. The zero-order chi connectivity index (χ0) is 22.6. The Morgan fingerprint density at radius 1 is 1.06 bits per heavy atom. The molecular weight excluding hydrogens is 398 g/mol. The largest absolute Gasteiger partial charge is 0.444 e. The maximum Gasteiger partial charge on any atom is 0.410 e. The zero-order valence-electron chi connectivity index (χ0n) is 19.1. The van der Waals surface area contributed by atoms with Crippen molar-refractivity contribution in [3.63, 3.8) is 0 Å². The van der Waals surface area contributed by atoms with E-state index in [1.54, 1.807) is 29.0 Å². The lowest BCUT2D eigenvalue weighted by molar-refractivity contribution is -0.133. The van der Waals surface area contributed by atoms with Gasteiger partial charge in [-0.25, -0.2) is 4.79 Å². The van der Waals surface area contributed by atoms with Crippen LogP contribution in [-0.2, 0) is 16.6 Å². The molecule has 0 unspecified atom stereocenters. The molecule has 0 atom stereocenters. The van der Waals surface area contributed by atoms with Crippen LogP contribution >= 0.6 is 0 Å². The van der Waals surface area contributed by atoms with Crippen LogP contribution < -0.4 is 5.32 Å². The van der Waals surface area contributed by atoms with Crippen molar-refractivity contribution < 1.29 is 19.1 Å². The van der Waals surface area contributed by atoms with Gasteiger partial charge in [-0.3, -0.25) is 14.3 Å². The molecule has 1 aromatic heterocycles. The Hall–Kier alpha value is -2.58. The number of aromatic nitrogens is 2. The molecule has 1 aromatic rings. The molecule has 0 aromatic carbocycles. The van der Waals surface area contributed by atoms with Crippen LogP contribution in [0.2, 0.25) is 0 Å². The van der Waals surface area contributed by atoms with Gasteiger partial charge in [0.15, 0.2) is 0 Å². The number of rotatable bonds is 4. The molecule has 172 valence electrons. The number of ether oxygens (including phenoxy) is 1. The van der Waals surface area contributed by atoms with Crippen LogP contribution in [0.3, 0.4) is 0 Å². The van der Waals surface area contributed by atoms with Gasteiger partial charge in [0.2, 0.25) is 5.91 Å². The van der Waals surface area contributed by atoms with E-state index in [1.807, 2.05) is 25.7 Å². The van der Waals surface area contributed by atoms with Crippen LogP contribution in [0.5, 0.6) is 0 Å². The lowest BCUT2D eigenvalue weighted by atomic mass is 9.92. The quantitative estimate of drug-likeness (QED) is 0.785. The van der Waals surface area contributed by atoms with Crippen molar-refractivity contribution in [1.82, 2.24) is 24.9 Å². The summed E-state index contributed by atoms with van der Waals surface area (Å²) in [5, 5.41) is 7.07. The highest BCUT2D eigenvalue weighted by molar-refractivity contribution is 5.93. The molecule has 2 fully saturated rings. The van der Waals surface area contributed by atoms with Crippen LogP contribution in [-0.4, -0.2) is 75.3 Å². The molecule has 0 spiro atoms. The van der Waals surface area contributed by atoms with Gasteiger partial charge in [0.1, 0.15) is 5.60 Å². The Bertz CT molecular complexity index is 784. The number of carbonyl (C=O) groups is 3. The fourth-order valence-electron chi connectivity index (χ4n) is 4.10. The SMILES string of the molecule is Cn1cc(C(=O)NC2CCN(C(=O)CC3CCN(C(=O)OC(C)(C)C)CC3)CC2)cn1. The molecule has 31 heavy (non-hydrogen) atoms. The number of aryl methyl sites for hydroxylation is 1. The summed E-state index contributed by atoms with van der Waals surface area (Å²) < 4.78 is 7.04. The van der Waals surface area contributed by atoms with E-state index in [1.165, 1.54) is 0 Å². The smallest absolute Gasteiger partial charge is 0.410 e. The normalized spacial score (nSPS) is 18.7. The van der Waals surface area contributed by atoms with Crippen molar-refractivity contribution in [3.05, 3.63) is 18.0 Å². The van der Waals surface area contributed by atoms with E-state index >= 15 is 0 Å². The highest BCUT2D eigenvalue weighted by Gasteiger charge is 2.30. The van der Waals surface area contributed by atoms with Crippen molar-refractivity contribution in [2.75, 3.05) is 26.2 Å². The summed E-state index contributed by atoms with van der Waals surface area (Å²) in [6, 6.07) is 0.0776. The highest BCUT2D eigenvalue weighted by atomic mass is 16.6. The van der Waals surface area contributed by atoms with Gasteiger partial charge in [0.25, 0.3) is 5.91 Å². The molecule has 3 amide bonds. The maximum atomic E-state index is 12.7. The Labute approximate surface area is 184 Å². The van der Waals surface area contributed by atoms with E-state index in [2.05, 4.69) is 10.4 Å². The number of hydrogen-bond donors (Lipinski definition) is 1. The minimum absolute atomic E-state index is 0.0776. The molecule has 3 rings (SSSR count). The average molecular weight is 434 g/mol. The summed E-state index contributed by atoms with van der Waals surface area (Å²) in [4.78, 5) is 40.8. The monoisotopic (exact) mass is 433 g/mol. The van der Waals surface area contributed by atoms with Crippen molar-refractivity contribution in [2.24, 2.45) is 13.0 Å². The number of hydrogen-bond acceptors (Lipinski definition) is 5. The molecule has 2 aliphatic rings. The number of nitrogens with one attached hydrogen (secondary N) is 1. The topological polar surface area (TPSA) is 96.8 Å². The van der Waals surface area contributed by atoms with E-state index < -0.39 is 5.60 Å². The molecular formula is C22H35N5O4. The molecule has 0 aliphatic carbocycles. The van der Waals surface area contributed by atoms with Gasteiger partial charge in [-0.1, -0.05) is 0 Å². The number of likely N-dealkylation sites (tertiary alicyclic amines) is 2. The van der Waals surface area contributed by atoms with Crippen molar-refractivity contribution in [3.8, 4) is 0 Å². The van der Waals surface area contributed by atoms with Gasteiger partial charge in [0.05, 0.1) is 11.8 Å². The van der Waals surface area contributed by atoms with E-state index in [9.17, 15) is 14.4 Å². The molecule has 2 aliphatic heterocycles. The van der Waals surface area contributed by atoms with Gasteiger partial charge >= 0.3 is 6.09 Å². The van der Waals surface area contributed by atoms with Gasteiger partial charge in [-0.05, 0) is 52.4 Å². The first-order valence-electron chi connectivity index (χ1n) is 11.2. The fourth-order valence-corrected chi connectivity index (χ4v) is 4.10. The van der Waals surface area contributed by atoms with Crippen LogP contribution in [0.15, 0.2) is 12.4 Å². The van der Waals surface area contributed by atoms with Crippen molar-refractivity contribution in [2.45, 2.75) is 64.5 Å². The number of piperidine rings is 2. The van der Waals surface area contributed by atoms with Crippen LogP contribution in [0, 0.1) is 5.92 Å². The Morgan fingerprint density at radius 3 is 2.23 bits per heavy atom. The summed E-state index contributed by atoms with van der Waals surface area (Å²) in [6.07, 6.45) is 6.67. The van der Waals surface area contributed by atoms with Crippen LogP contribution in [0.1, 0.15) is 63.2 Å². The van der Waals surface area contributed by atoms with Gasteiger partial charge in [-0.15, -0.1) is 0 Å². The van der Waals surface area contributed by atoms with E-state index in [4.69, 9.17) is 4.74 Å². The van der Waals surface area contributed by atoms with Crippen LogP contribution in [0.25, 0.3) is 0 Å². The molecule has 0 bridgehead atoms. The molecule has 3 heterocycles. The minimum Gasteiger partial charge on any atom is -0.444 e. The summed E-state index contributed by atoms with van der Waals surface area (Å²) in [5.74, 6) is 0.358. The fraction of sp³-hybridized carbons (Fsp3) is 0.727. The summed E-state index contributed by atoms with van der Waals surface area (Å²) in [6.45, 7) is 8.18. The minimum atomic E-state index is -0.493. The van der Waals surface area contributed by atoms with Gasteiger partial charge in [-0.2, -0.15) is 5.10 Å². The second-order valence-electron chi connectivity index (χ2n) is 9.65. The van der Waals surface area contributed by atoms with E-state index in [0.29, 0.717) is 44.1 Å². The van der Waals surface area contributed by atoms with Crippen LogP contribution in [0.4, 0.5) is 4.79 Å². The third kappa shape index (κ3) is 6.70. The highest BCUT2D eigenvalue weighted by Crippen LogP contribution is 2.24. The Balaban J connectivity index is 1.37. The lowest BCUT2D eigenvalue weighted by Crippen LogP contribution is -2.47. The first-order chi connectivity index (χ1) is 14.6. The second kappa shape index (κ2) is 9.70. The number of nitrogens with zero attached hydrogens (tertiary/aromatic N) is 4. The van der Waals surface area contributed by atoms with E-state index in [0.717, 1.165) is 25.7 Å². The summed E-state index contributed by atoms with van der Waals surface area (Å²) in [7, 11) is 1.78. The standard InChI is InChI=1S/C22H35N5O4/c1-22(2,3)31-21(30)27-9-5-16(6-10-27)13-19(28)26-11-7-18(8-12-26)24-20(29)17-14-23-25(4)15-17/h14-16,18H,5-13H2,1-4H3,(H,24,29). The predicted molar refractivity (Wildman–Crippen MR) is 115 cm³/mol. The first kappa shape index (κ1) is 23.1. The first-order valence-corrected chi connectivity index (χ1v) is 11.2. The Kier molecular flexibility index (Phi) is 7.23. The predicted octanol–water partition coefficient (Wildman–Crippen LogP) is 2.18. The van der Waals surface area contributed by atoms with Gasteiger partial charge in [0, 0.05) is 51.9 Å². The summed E-state index contributed by atoms with van der Waals surface area (Å²) in [5.41, 5.74) is 0.0618.